The largest absolute Gasteiger partial charge is 0.339 e. The maximum atomic E-state index is 13.0. The van der Waals surface area contributed by atoms with Gasteiger partial charge in [-0.15, -0.1) is 22.0 Å². The van der Waals surface area contributed by atoms with E-state index in [1.165, 1.54) is 79.5 Å². The van der Waals surface area contributed by atoms with Crippen LogP contribution in [0.25, 0.3) is 0 Å². The highest BCUT2D eigenvalue weighted by Gasteiger charge is 2.27. The summed E-state index contributed by atoms with van der Waals surface area (Å²) in [5.41, 5.74) is 0.497. The van der Waals surface area contributed by atoms with Gasteiger partial charge in [-0.2, -0.15) is 0 Å². The first-order valence-electron chi connectivity index (χ1n) is 11.1. The smallest absolute Gasteiger partial charge is 0.286 e. The van der Waals surface area contributed by atoms with Crippen molar-refractivity contribution in [1.82, 2.24) is 20.0 Å². The molecule has 0 unspecified atom stereocenters. The number of nitrogens with zero attached hydrogens (tertiary/aromatic N) is 4. The second kappa shape index (κ2) is 11.2. The van der Waals surface area contributed by atoms with Gasteiger partial charge in [0.05, 0.1) is 5.75 Å². The zero-order valence-electron chi connectivity index (χ0n) is 18.0. The first-order chi connectivity index (χ1) is 15.6. The molecule has 172 valence electrons. The molecule has 1 aromatic carbocycles. The molecule has 2 aliphatic rings. The second-order valence-electron chi connectivity index (χ2n) is 8.16. The Morgan fingerprint density at radius 1 is 1.06 bits per heavy atom. The average Bonchev–Trinajstić information content (AvgIpc) is 3.30. The fourth-order valence-corrected chi connectivity index (χ4v) is 5.93. The van der Waals surface area contributed by atoms with Gasteiger partial charge in [0, 0.05) is 43.7 Å². The molecule has 1 aliphatic carbocycles. The van der Waals surface area contributed by atoms with E-state index in [-0.39, 0.29) is 22.6 Å². The quantitative estimate of drug-likeness (QED) is 0.656. The highest BCUT2D eigenvalue weighted by molar-refractivity contribution is 7.99. The minimum absolute atomic E-state index is 0.164. The Labute approximate surface area is 195 Å². The van der Waals surface area contributed by atoms with Gasteiger partial charge in [-0.05, 0) is 37.1 Å². The van der Waals surface area contributed by atoms with Crippen molar-refractivity contribution < 1.29 is 14.0 Å². The maximum absolute atomic E-state index is 13.0. The minimum Gasteiger partial charge on any atom is -0.339 e. The third kappa shape index (κ3) is 6.26. The standard InChI is InChI=1S/C22H28FN5O2S2/c23-16-6-8-17(9-7-16)24-21(30)22-26-25-19(32-22)14-31-15-20(29)28-12-10-27(11-13-28)18-4-2-1-3-5-18/h6-9,18H,1-5,10-15H2,(H,24,30). The Balaban J connectivity index is 1.17. The van der Waals surface area contributed by atoms with Gasteiger partial charge in [0.15, 0.2) is 0 Å². The van der Waals surface area contributed by atoms with Crippen molar-refractivity contribution in [3.8, 4) is 0 Å². The molecule has 0 bridgehead atoms. The number of anilines is 1. The lowest BCUT2D eigenvalue weighted by molar-refractivity contribution is -0.130. The van der Waals surface area contributed by atoms with E-state index in [1.54, 1.807) is 0 Å². The van der Waals surface area contributed by atoms with Crippen LogP contribution in [0.1, 0.15) is 46.9 Å². The van der Waals surface area contributed by atoms with Crippen molar-refractivity contribution in [3.05, 3.63) is 40.1 Å². The van der Waals surface area contributed by atoms with E-state index in [2.05, 4.69) is 20.4 Å². The molecule has 0 radical (unpaired) electrons. The molecule has 1 N–H and O–H groups in total. The predicted molar refractivity (Wildman–Crippen MR) is 125 cm³/mol. The maximum Gasteiger partial charge on any atom is 0.286 e. The molecule has 32 heavy (non-hydrogen) atoms. The zero-order chi connectivity index (χ0) is 22.3. The molecule has 2 heterocycles. The van der Waals surface area contributed by atoms with Gasteiger partial charge < -0.3 is 10.2 Å². The Morgan fingerprint density at radius 2 is 1.78 bits per heavy atom. The fraction of sp³-hybridized carbons (Fsp3) is 0.545. The first kappa shape index (κ1) is 23.1. The Morgan fingerprint density at radius 3 is 2.50 bits per heavy atom. The molecule has 0 spiro atoms. The van der Waals surface area contributed by atoms with Crippen LogP contribution in [0.2, 0.25) is 0 Å². The van der Waals surface area contributed by atoms with Crippen LogP contribution < -0.4 is 5.32 Å². The number of aromatic nitrogens is 2. The van der Waals surface area contributed by atoms with Gasteiger partial charge in [0.2, 0.25) is 10.9 Å². The molecule has 2 aromatic rings. The molecule has 1 aliphatic heterocycles. The number of thioether (sulfide) groups is 1. The molecule has 1 aromatic heterocycles. The van der Waals surface area contributed by atoms with Gasteiger partial charge in [-0.1, -0.05) is 30.6 Å². The summed E-state index contributed by atoms with van der Waals surface area (Å²) >= 11 is 2.70. The summed E-state index contributed by atoms with van der Waals surface area (Å²) in [6.07, 6.45) is 6.63. The highest BCUT2D eigenvalue weighted by Crippen LogP contribution is 2.24. The lowest BCUT2D eigenvalue weighted by Gasteiger charge is -2.40. The molecule has 0 atom stereocenters. The number of carbonyl (C=O) groups is 2. The molecular formula is C22H28FN5O2S2. The van der Waals surface area contributed by atoms with Gasteiger partial charge >= 0.3 is 0 Å². The van der Waals surface area contributed by atoms with Crippen LogP contribution in [0.5, 0.6) is 0 Å². The fourth-order valence-electron chi connectivity index (χ4n) is 4.22. The van der Waals surface area contributed by atoms with Crippen molar-refractivity contribution in [3.63, 3.8) is 0 Å². The number of hydrogen-bond donors (Lipinski definition) is 1. The van der Waals surface area contributed by atoms with Crippen LogP contribution in [0, 0.1) is 5.82 Å². The van der Waals surface area contributed by atoms with Gasteiger partial charge in [0.1, 0.15) is 10.8 Å². The van der Waals surface area contributed by atoms with Crippen molar-refractivity contribution >= 4 is 40.6 Å². The molecule has 1 saturated heterocycles. The van der Waals surface area contributed by atoms with Crippen LogP contribution in [0.4, 0.5) is 10.1 Å². The second-order valence-corrected chi connectivity index (χ2v) is 10.2. The summed E-state index contributed by atoms with van der Waals surface area (Å²) in [5.74, 6) is 0.364. The Hall–Kier alpha value is -2.04. The number of nitrogens with one attached hydrogen (secondary N) is 1. The number of amides is 2. The topological polar surface area (TPSA) is 78.4 Å². The number of carbonyl (C=O) groups excluding carboxylic acids is 2. The van der Waals surface area contributed by atoms with Gasteiger partial charge in [0.25, 0.3) is 5.91 Å². The molecule has 7 nitrogen and oxygen atoms in total. The van der Waals surface area contributed by atoms with Crippen molar-refractivity contribution in [2.24, 2.45) is 0 Å². The van der Waals surface area contributed by atoms with E-state index in [1.807, 2.05) is 4.90 Å². The van der Waals surface area contributed by atoms with Crippen LogP contribution in [0.3, 0.4) is 0 Å². The average molecular weight is 478 g/mol. The monoisotopic (exact) mass is 477 g/mol. The molecule has 2 amide bonds. The third-order valence-corrected chi connectivity index (χ3v) is 8.01. The third-order valence-electron chi connectivity index (χ3n) is 5.97. The lowest BCUT2D eigenvalue weighted by atomic mass is 9.94. The van der Waals surface area contributed by atoms with E-state index >= 15 is 0 Å². The molecule has 10 heteroatoms. The van der Waals surface area contributed by atoms with Gasteiger partial charge in [-0.25, -0.2) is 4.39 Å². The number of benzene rings is 1. The molecule has 4 rings (SSSR count). The first-order valence-corrected chi connectivity index (χ1v) is 13.0. The highest BCUT2D eigenvalue weighted by atomic mass is 32.2. The number of piperazine rings is 1. The van der Waals surface area contributed by atoms with Gasteiger partial charge in [-0.3, -0.25) is 14.5 Å². The minimum atomic E-state index is -0.378. The van der Waals surface area contributed by atoms with Crippen LogP contribution in [-0.4, -0.2) is 69.8 Å². The summed E-state index contributed by atoms with van der Waals surface area (Å²) < 4.78 is 13.0. The van der Waals surface area contributed by atoms with Crippen molar-refractivity contribution in [1.29, 1.82) is 0 Å². The van der Waals surface area contributed by atoms with Crippen LogP contribution >= 0.6 is 23.1 Å². The predicted octanol–water partition coefficient (Wildman–Crippen LogP) is 3.64. The van der Waals surface area contributed by atoms with Crippen LogP contribution in [-0.2, 0) is 10.5 Å². The summed E-state index contributed by atoms with van der Waals surface area (Å²) in [7, 11) is 0. The summed E-state index contributed by atoms with van der Waals surface area (Å²) in [6.45, 7) is 3.57. The number of halogens is 1. The number of rotatable bonds is 7. The molecule has 1 saturated carbocycles. The lowest BCUT2D eigenvalue weighted by Crippen LogP contribution is -2.52. The van der Waals surface area contributed by atoms with Crippen molar-refractivity contribution in [2.75, 3.05) is 37.2 Å². The molecule has 2 fully saturated rings. The SMILES string of the molecule is O=C(Nc1ccc(F)cc1)c1nnc(CSCC(=O)N2CCN(C3CCCCC3)CC2)s1. The summed E-state index contributed by atoms with van der Waals surface area (Å²) in [6, 6.07) is 6.26. The Kier molecular flexibility index (Phi) is 8.10. The van der Waals surface area contributed by atoms with E-state index in [0.29, 0.717) is 28.2 Å². The molecular weight excluding hydrogens is 449 g/mol. The van der Waals surface area contributed by atoms with Crippen LogP contribution in [0.15, 0.2) is 24.3 Å². The van der Waals surface area contributed by atoms with E-state index in [0.717, 1.165) is 26.2 Å². The Bertz CT molecular complexity index is 909. The van der Waals surface area contributed by atoms with E-state index in [4.69, 9.17) is 0 Å². The summed E-state index contributed by atoms with van der Waals surface area (Å²) in [4.78, 5) is 29.4. The zero-order valence-corrected chi connectivity index (χ0v) is 19.6. The van der Waals surface area contributed by atoms with Crippen molar-refractivity contribution in [2.45, 2.75) is 43.9 Å². The van der Waals surface area contributed by atoms with E-state index in [9.17, 15) is 14.0 Å². The number of hydrogen-bond acceptors (Lipinski definition) is 7. The van der Waals surface area contributed by atoms with E-state index < -0.39 is 0 Å². The normalized spacial score (nSPS) is 18.0. The summed E-state index contributed by atoms with van der Waals surface area (Å²) in [5, 5.41) is 11.6.